The highest BCUT2D eigenvalue weighted by atomic mass is 16.5. The van der Waals surface area contributed by atoms with Crippen LogP contribution < -0.4 is 0 Å². The molecular formula is C23H32O3. The molecule has 0 bridgehead atoms. The first-order chi connectivity index (χ1) is 12.3. The molecule has 142 valence electrons. The summed E-state index contributed by atoms with van der Waals surface area (Å²) in [6.07, 6.45) is 12.3. The van der Waals surface area contributed by atoms with E-state index in [4.69, 9.17) is 4.74 Å². The van der Waals surface area contributed by atoms with Crippen LogP contribution >= 0.6 is 0 Å². The maximum Gasteiger partial charge on any atom is 0.302 e. The molecule has 3 nitrogen and oxygen atoms in total. The van der Waals surface area contributed by atoms with Gasteiger partial charge in [0.25, 0.3) is 0 Å². The van der Waals surface area contributed by atoms with E-state index in [1.807, 2.05) is 0 Å². The topological polar surface area (TPSA) is 43.4 Å². The van der Waals surface area contributed by atoms with E-state index in [0.717, 1.165) is 44.1 Å². The summed E-state index contributed by atoms with van der Waals surface area (Å²) in [6.45, 7) is 8.05. The van der Waals surface area contributed by atoms with Crippen molar-refractivity contribution in [1.82, 2.24) is 0 Å². The van der Waals surface area contributed by atoms with Crippen LogP contribution in [0.4, 0.5) is 0 Å². The normalized spacial score (nSPS) is 44.2. The Kier molecular flexibility index (Phi) is 4.20. The van der Waals surface area contributed by atoms with E-state index in [9.17, 15) is 9.59 Å². The second-order valence-corrected chi connectivity index (χ2v) is 9.60. The zero-order chi connectivity index (χ0) is 18.7. The fourth-order valence-corrected chi connectivity index (χ4v) is 7.08. The van der Waals surface area contributed by atoms with Gasteiger partial charge in [-0.05, 0) is 79.6 Å². The van der Waals surface area contributed by atoms with E-state index in [-0.39, 0.29) is 28.7 Å². The first kappa shape index (κ1) is 18.0. The number of ether oxygens (including phenoxy) is 1. The Bertz CT molecular complexity index is 702. The minimum Gasteiger partial charge on any atom is -0.462 e. The zero-order valence-electron chi connectivity index (χ0n) is 16.6. The van der Waals surface area contributed by atoms with Crippen LogP contribution in [0, 0.1) is 28.6 Å². The first-order valence-corrected chi connectivity index (χ1v) is 10.3. The zero-order valence-corrected chi connectivity index (χ0v) is 16.6. The van der Waals surface area contributed by atoms with Crippen molar-refractivity contribution in [3.8, 4) is 0 Å². The lowest BCUT2D eigenvalue weighted by molar-refractivity contribution is -0.148. The molecule has 0 aromatic carbocycles. The molecule has 2 fully saturated rings. The number of rotatable bonds is 2. The number of fused-ring (bicyclic) bond motifs is 5. The molecule has 0 saturated heterocycles. The third-order valence-corrected chi connectivity index (χ3v) is 8.35. The minimum atomic E-state index is -0.157. The minimum absolute atomic E-state index is 0.0645. The maximum absolute atomic E-state index is 12.2. The number of hydrogen-bond donors (Lipinski definition) is 0. The summed E-state index contributed by atoms with van der Waals surface area (Å²) in [7, 11) is 0. The molecule has 3 heteroatoms. The van der Waals surface area contributed by atoms with Gasteiger partial charge in [0.2, 0.25) is 0 Å². The molecule has 0 amide bonds. The fraction of sp³-hybridized carbons (Fsp3) is 0.739. The quantitative estimate of drug-likeness (QED) is 0.516. The van der Waals surface area contributed by atoms with Crippen LogP contribution in [-0.4, -0.2) is 17.9 Å². The molecule has 0 unspecified atom stereocenters. The Hall–Kier alpha value is -1.38. The van der Waals surface area contributed by atoms with E-state index in [0.29, 0.717) is 17.8 Å². The molecule has 26 heavy (non-hydrogen) atoms. The van der Waals surface area contributed by atoms with Crippen molar-refractivity contribution in [2.75, 3.05) is 0 Å². The molecule has 0 aliphatic heterocycles. The van der Waals surface area contributed by atoms with Crippen molar-refractivity contribution < 1.29 is 14.3 Å². The second-order valence-electron chi connectivity index (χ2n) is 9.60. The fourth-order valence-electron chi connectivity index (χ4n) is 7.08. The number of ketones is 1. The van der Waals surface area contributed by atoms with Gasteiger partial charge < -0.3 is 4.74 Å². The van der Waals surface area contributed by atoms with Gasteiger partial charge in [0.05, 0.1) is 0 Å². The van der Waals surface area contributed by atoms with Gasteiger partial charge in [-0.25, -0.2) is 0 Å². The molecular weight excluding hydrogens is 324 g/mol. The van der Waals surface area contributed by atoms with Crippen molar-refractivity contribution in [3.63, 3.8) is 0 Å². The second kappa shape index (κ2) is 6.07. The summed E-state index contributed by atoms with van der Waals surface area (Å²) < 4.78 is 5.52. The predicted molar refractivity (Wildman–Crippen MR) is 101 cm³/mol. The van der Waals surface area contributed by atoms with Crippen LogP contribution in [0.25, 0.3) is 0 Å². The van der Waals surface area contributed by atoms with E-state index in [2.05, 4.69) is 26.0 Å². The van der Waals surface area contributed by atoms with Gasteiger partial charge in [0.15, 0.2) is 5.78 Å². The number of carbonyl (C=O) groups is 2. The molecule has 4 aliphatic rings. The van der Waals surface area contributed by atoms with Crippen molar-refractivity contribution >= 4 is 11.8 Å². The van der Waals surface area contributed by atoms with Crippen LogP contribution in [0.1, 0.15) is 72.6 Å². The number of hydrogen-bond acceptors (Lipinski definition) is 3. The number of esters is 1. The largest absolute Gasteiger partial charge is 0.462 e. The number of allylic oxidation sites excluding steroid dienone is 3. The smallest absolute Gasteiger partial charge is 0.302 e. The molecule has 0 N–H and O–H groups in total. The number of Topliss-reactive ketones (excluding diaryl/α,β-unsaturated/α-hetero) is 1. The Balaban J connectivity index is 1.59. The highest BCUT2D eigenvalue weighted by Crippen LogP contribution is 2.65. The van der Waals surface area contributed by atoms with Crippen LogP contribution in [0.5, 0.6) is 0 Å². The van der Waals surface area contributed by atoms with E-state index < -0.39 is 0 Å². The van der Waals surface area contributed by atoms with Gasteiger partial charge in [-0.2, -0.15) is 0 Å². The molecule has 0 aromatic rings. The highest BCUT2D eigenvalue weighted by molar-refractivity contribution is 5.95. The summed E-state index contributed by atoms with van der Waals surface area (Å²) in [5.74, 6) is 2.11. The maximum atomic E-state index is 12.2. The van der Waals surface area contributed by atoms with Gasteiger partial charge in [-0.1, -0.05) is 31.6 Å². The van der Waals surface area contributed by atoms with Crippen molar-refractivity contribution in [1.29, 1.82) is 0 Å². The molecule has 2 saturated carbocycles. The van der Waals surface area contributed by atoms with E-state index in [1.54, 1.807) is 6.92 Å². The molecule has 4 aliphatic carbocycles. The monoisotopic (exact) mass is 356 g/mol. The third kappa shape index (κ3) is 2.53. The average molecular weight is 357 g/mol. The Morgan fingerprint density at radius 3 is 2.42 bits per heavy atom. The lowest BCUT2D eigenvalue weighted by Crippen LogP contribution is -2.50. The van der Waals surface area contributed by atoms with Crippen molar-refractivity contribution in [2.45, 2.75) is 78.7 Å². The molecule has 0 spiro atoms. The third-order valence-electron chi connectivity index (χ3n) is 8.35. The average Bonchev–Trinajstić information content (AvgIpc) is 2.92. The summed E-state index contributed by atoms with van der Waals surface area (Å²) in [5, 5.41) is 0. The van der Waals surface area contributed by atoms with Crippen molar-refractivity contribution in [3.05, 3.63) is 23.3 Å². The van der Waals surface area contributed by atoms with Gasteiger partial charge in [-0.3, -0.25) is 9.59 Å². The Morgan fingerprint density at radius 1 is 1.00 bits per heavy atom. The number of carbonyl (C=O) groups excluding carboxylic acids is 2. The van der Waals surface area contributed by atoms with Crippen LogP contribution in [0.15, 0.2) is 23.3 Å². The standard InChI is InChI=1S/C23H32O3/c1-14(24)19-7-8-20-18-6-5-16-13-17(26-15(2)25)9-11-22(16,3)21(18)10-12-23(19,20)4/h5,7,17-18,20-21H,6,8-13H2,1-4H3/t17-,18-,20+,21+,22+,23-/m1/s1. The SMILES string of the molecule is CC(=O)O[C@@H]1CC[C@@]2(C)C(=CC[C@H]3[C@@H]2CC[C@]2(C)C(C(C)=O)=CC[C@@H]32)C1. The van der Waals surface area contributed by atoms with Gasteiger partial charge >= 0.3 is 5.97 Å². The predicted octanol–water partition coefficient (Wildman–Crippen LogP) is 5.01. The summed E-state index contributed by atoms with van der Waals surface area (Å²) in [4.78, 5) is 23.5. The van der Waals surface area contributed by atoms with Crippen LogP contribution in [0.2, 0.25) is 0 Å². The lowest BCUT2D eigenvalue weighted by atomic mass is 9.47. The summed E-state index contributed by atoms with van der Waals surface area (Å²) >= 11 is 0. The van der Waals surface area contributed by atoms with E-state index >= 15 is 0 Å². The van der Waals surface area contributed by atoms with Gasteiger partial charge in [0, 0.05) is 13.3 Å². The van der Waals surface area contributed by atoms with Gasteiger partial charge in [-0.15, -0.1) is 0 Å². The molecule has 0 radical (unpaired) electrons. The first-order valence-electron chi connectivity index (χ1n) is 10.3. The Morgan fingerprint density at radius 2 is 1.73 bits per heavy atom. The van der Waals surface area contributed by atoms with Crippen LogP contribution in [0.3, 0.4) is 0 Å². The lowest BCUT2D eigenvalue weighted by Gasteiger charge is -2.57. The highest BCUT2D eigenvalue weighted by Gasteiger charge is 2.57. The van der Waals surface area contributed by atoms with Gasteiger partial charge in [0.1, 0.15) is 6.10 Å². The molecule has 0 heterocycles. The summed E-state index contributed by atoms with van der Waals surface area (Å²) in [5.41, 5.74) is 2.96. The van der Waals surface area contributed by atoms with E-state index in [1.165, 1.54) is 18.9 Å². The summed E-state index contributed by atoms with van der Waals surface area (Å²) in [6, 6.07) is 0. The molecule has 0 aromatic heterocycles. The Labute approximate surface area is 157 Å². The molecule has 4 rings (SSSR count). The van der Waals surface area contributed by atoms with Crippen molar-refractivity contribution in [2.24, 2.45) is 28.6 Å². The molecule has 6 atom stereocenters. The van der Waals surface area contributed by atoms with Crippen LogP contribution in [-0.2, 0) is 14.3 Å².